The highest BCUT2D eigenvalue weighted by molar-refractivity contribution is 7.80. The molecule has 0 saturated carbocycles. The molecule has 6 heteroatoms. The monoisotopic (exact) mass is 307 g/mol. The highest BCUT2D eigenvalue weighted by atomic mass is 32.1. The second-order valence-corrected chi connectivity index (χ2v) is 5.64. The third-order valence-electron chi connectivity index (χ3n) is 3.32. The van der Waals surface area contributed by atoms with Crippen molar-refractivity contribution in [1.29, 1.82) is 0 Å². The van der Waals surface area contributed by atoms with E-state index in [0.717, 1.165) is 37.4 Å². The Hall–Kier alpha value is -1.66. The molecule has 1 fully saturated rings. The van der Waals surface area contributed by atoms with Crippen LogP contribution in [0.2, 0.25) is 0 Å². The third kappa shape index (κ3) is 5.69. The first kappa shape index (κ1) is 15.7. The largest absolute Gasteiger partial charge is 0.492 e. The maximum Gasteiger partial charge on any atom is 0.234 e. The quantitative estimate of drug-likeness (QED) is 0.758. The van der Waals surface area contributed by atoms with Crippen molar-refractivity contribution < 1.29 is 9.53 Å². The second kappa shape index (κ2) is 7.95. The summed E-state index contributed by atoms with van der Waals surface area (Å²) >= 11 is 4.88. The van der Waals surface area contributed by atoms with Crippen LogP contribution in [0.3, 0.4) is 0 Å². The molecular weight excluding hydrogens is 286 g/mol. The Morgan fingerprint density at radius 1 is 1.38 bits per heavy atom. The standard InChI is InChI=1S/C15H21N3O2S/c16-14(21)10-12-2-4-13(5-3-12)20-9-8-18-7-1-6-17-15(19)11-18/h2-5H,1,6-11H2,(H2,16,21)(H,17,19). The third-order valence-corrected chi connectivity index (χ3v) is 3.46. The number of amides is 1. The highest BCUT2D eigenvalue weighted by Crippen LogP contribution is 2.12. The van der Waals surface area contributed by atoms with E-state index in [0.29, 0.717) is 24.6 Å². The van der Waals surface area contributed by atoms with Gasteiger partial charge >= 0.3 is 0 Å². The zero-order chi connectivity index (χ0) is 15.1. The van der Waals surface area contributed by atoms with Crippen LogP contribution in [0.5, 0.6) is 5.75 Å². The van der Waals surface area contributed by atoms with Crippen molar-refractivity contribution in [3.05, 3.63) is 29.8 Å². The van der Waals surface area contributed by atoms with Crippen molar-refractivity contribution in [3.63, 3.8) is 0 Å². The van der Waals surface area contributed by atoms with E-state index in [4.69, 9.17) is 22.7 Å². The molecule has 0 atom stereocenters. The van der Waals surface area contributed by atoms with Gasteiger partial charge in [-0.1, -0.05) is 24.4 Å². The van der Waals surface area contributed by atoms with Crippen molar-refractivity contribution in [3.8, 4) is 5.75 Å². The number of hydrogen-bond acceptors (Lipinski definition) is 4. The summed E-state index contributed by atoms with van der Waals surface area (Å²) in [6.45, 7) is 3.47. The van der Waals surface area contributed by atoms with Crippen molar-refractivity contribution in [2.45, 2.75) is 12.8 Å². The van der Waals surface area contributed by atoms with Gasteiger partial charge in [0.2, 0.25) is 5.91 Å². The van der Waals surface area contributed by atoms with Gasteiger partial charge in [-0.05, 0) is 24.1 Å². The summed E-state index contributed by atoms with van der Waals surface area (Å²) in [4.78, 5) is 14.0. The number of nitrogens with two attached hydrogens (primary N) is 1. The molecule has 0 aliphatic carbocycles. The van der Waals surface area contributed by atoms with E-state index in [2.05, 4.69) is 10.2 Å². The number of nitrogens with zero attached hydrogens (tertiary/aromatic N) is 1. The van der Waals surface area contributed by atoms with Gasteiger partial charge in [-0.25, -0.2) is 0 Å². The van der Waals surface area contributed by atoms with Crippen LogP contribution in [0.1, 0.15) is 12.0 Å². The van der Waals surface area contributed by atoms with Gasteiger partial charge in [-0.3, -0.25) is 9.69 Å². The first-order valence-corrected chi connectivity index (χ1v) is 7.53. The fraction of sp³-hybridized carbons (Fsp3) is 0.467. The van der Waals surface area contributed by atoms with Gasteiger partial charge < -0.3 is 15.8 Å². The van der Waals surface area contributed by atoms with Crippen LogP contribution in [0.15, 0.2) is 24.3 Å². The van der Waals surface area contributed by atoms with Gasteiger partial charge in [0.05, 0.1) is 11.5 Å². The van der Waals surface area contributed by atoms with Crippen LogP contribution >= 0.6 is 12.2 Å². The van der Waals surface area contributed by atoms with Crippen LogP contribution in [0.25, 0.3) is 0 Å². The lowest BCUT2D eigenvalue weighted by Crippen LogP contribution is -2.35. The van der Waals surface area contributed by atoms with Crippen molar-refractivity contribution >= 4 is 23.1 Å². The predicted octanol–water partition coefficient (Wildman–Crippen LogP) is 0.716. The molecule has 1 aromatic rings. The summed E-state index contributed by atoms with van der Waals surface area (Å²) in [5.74, 6) is 0.913. The normalized spacial score (nSPS) is 16.1. The maximum atomic E-state index is 11.4. The summed E-state index contributed by atoms with van der Waals surface area (Å²) in [6.07, 6.45) is 1.60. The van der Waals surface area contributed by atoms with Gasteiger partial charge in [0.15, 0.2) is 0 Å². The molecule has 5 nitrogen and oxygen atoms in total. The number of rotatable bonds is 6. The first-order chi connectivity index (χ1) is 10.1. The molecule has 1 heterocycles. The topological polar surface area (TPSA) is 67.6 Å². The van der Waals surface area contributed by atoms with Crippen molar-refractivity contribution in [2.24, 2.45) is 5.73 Å². The van der Waals surface area contributed by atoms with Gasteiger partial charge in [-0.15, -0.1) is 0 Å². The highest BCUT2D eigenvalue weighted by Gasteiger charge is 2.13. The Morgan fingerprint density at radius 3 is 2.86 bits per heavy atom. The van der Waals surface area contributed by atoms with Crippen LogP contribution in [0, 0.1) is 0 Å². The Labute approximate surface area is 130 Å². The van der Waals surface area contributed by atoms with Crippen LogP contribution < -0.4 is 15.8 Å². The van der Waals surface area contributed by atoms with E-state index in [1.807, 2.05) is 24.3 Å². The Morgan fingerprint density at radius 2 is 2.14 bits per heavy atom. The number of ether oxygens (including phenoxy) is 1. The molecule has 1 aromatic carbocycles. The molecule has 0 spiro atoms. The molecule has 0 bridgehead atoms. The van der Waals surface area contributed by atoms with Crippen LogP contribution in [0.4, 0.5) is 0 Å². The lowest BCUT2D eigenvalue weighted by molar-refractivity contribution is -0.121. The van der Waals surface area contributed by atoms with E-state index in [1.54, 1.807) is 0 Å². The average Bonchev–Trinajstić information content (AvgIpc) is 2.64. The number of thiocarbonyl (C=S) groups is 1. The minimum atomic E-state index is 0.0922. The lowest BCUT2D eigenvalue weighted by atomic mass is 10.1. The Balaban J connectivity index is 1.75. The van der Waals surface area contributed by atoms with E-state index in [-0.39, 0.29) is 5.91 Å². The summed E-state index contributed by atoms with van der Waals surface area (Å²) in [6, 6.07) is 7.77. The zero-order valence-electron chi connectivity index (χ0n) is 12.0. The predicted molar refractivity (Wildman–Crippen MR) is 86.5 cm³/mol. The van der Waals surface area contributed by atoms with Gasteiger partial charge in [0, 0.05) is 26.1 Å². The fourth-order valence-electron chi connectivity index (χ4n) is 2.26. The molecule has 114 valence electrons. The molecule has 0 aromatic heterocycles. The molecule has 21 heavy (non-hydrogen) atoms. The molecule has 1 saturated heterocycles. The van der Waals surface area contributed by atoms with Gasteiger partial charge in [0.1, 0.15) is 12.4 Å². The van der Waals surface area contributed by atoms with E-state index in [1.165, 1.54) is 0 Å². The van der Waals surface area contributed by atoms with Crippen molar-refractivity contribution in [1.82, 2.24) is 10.2 Å². The summed E-state index contributed by atoms with van der Waals surface area (Å²) < 4.78 is 5.71. The molecule has 1 amide bonds. The zero-order valence-corrected chi connectivity index (χ0v) is 12.8. The Kier molecular flexibility index (Phi) is 5.95. The molecular formula is C15H21N3O2S. The molecule has 2 rings (SSSR count). The molecule has 0 unspecified atom stereocenters. The minimum absolute atomic E-state index is 0.0922. The van der Waals surface area contributed by atoms with E-state index >= 15 is 0 Å². The average molecular weight is 307 g/mol. The summed E-state index contributed by atoms with van der Waals surface area (Å²) in [5, 5.41) is 2.86. The molecule has 0 radical (unpaired) electrons. The lowest BCUT2D eigenvalue weighted by Gasteiger charge is -2.18. The number of nitrogens with one attached hydrogen (secondary N) is 1. The molecule has 1 aliphatic rings. The smallest absolute Gasteiger partial charge is 0.234 e. The van der Waals surface area contributed by atoms with Crippen LogP contribution in [-0.4, -0.2) is 48.6 Å². The summed E-state index contributed by atoms with van der Waals surface area (Å²) in [5.41, 5.74) is 6.59. The molecule has 1 aliphatic heterocycles. The van der Waals surface area contributed by atoms with Gasteiger partial charge in [0.25, 0.3) is 0 Å². The SMILES string of the molecule is NC(=S)Cc1ccc(OCCN2CCCNC(=O)C2)cc1. The number of carbonyl (C=O) groups is 1. The van der Waals surface area contributed by atoms with E-state index < -0.39 is 0 Å². The van der Waals surface area contributed by atoms with Crippen molar-refractivity contribution in [2.75, 3.05) is 32.8 Å². The van der Waals surface area contributed by atoms with E-state index in [9.17, 15) is 4.79 Å². The fourth-order valence-corrected chi connectivity index (χ4v) is 2.42. The first-order valence-electron chi connectivity index (χ1n) is 7.12. The number of benzene rings is 1. The second-order valence-electron chi connectivity index (χ2n) is 5.12. The van der Waals surface area contributed by atoms with Gasteiger partial charge in [-0.2, -0.15) is 0 Å². The molecule has 3 N–H and O–H groups in total. The summed E-state index contributed by atoms with van der Waals surface area (Å²) in [7, 11) is 0. The number of hydrogen-bond donors (Lipinski definition) is 2. The number of carbonyl (C=O) groups excluding carboxylic acids is 1. The van der Waals surface area contributed by atoms with Crippen LogP contribution in [-0.2, 0) is 11.2 Å². The Bertz CT molecular complexity index is 490. The minimum Gasteiger partial charge on any atom is -0.492 e. The maximum absolute atomic E-state index is 11.4.